The van der Waals surface area contributed by atoms with E-state index < -0.39 is 60.6 Å². The van der Waals surface area contributed by atoms with E-state index in [-0.39, 0.29) is 17.1 Å². The quantitative estimate of drug-likeness (QED) is 0.195. The second-order valence-electron chi connectivity index (χ2n) is 5.96. The summed E-state index contributed by atoms with van der Waals surface area (Å²) in [5, 5.41) is 20.4. The second-order valence-corrected chi connectivity index (χ2v) is 9.89. The maximum atomic E-state index is 11.8. The Morgan fingerprint density at radius 1 is 1.29 bits per heavy atom. The van der Waals surface area contributed by atoms with Crippen molar-refractivity contribution in [2.45, 2.75) is 24.5 Å². The summed E-state index contributed by atoms with van der Waals surface area (Å²) in [4.78, 5) is 47.8. The molecule has 172 valence electrons. The third-order valence-corrected chi connectivity index (χ3v) is 7.18. The first-order valence-electron chi connectivity index (χ1n) is 7.91. The second kappa shape index (κ2) is 8.71. The summed E-state index contributed by atoms with van der Waals surface area (Å²) < 4.78 is 52.0. The number of nitrogens with zero attached hydrogens (tertiary/aromatic N) is 3. The summed E-state index contributed by atoms with van der Waals surface area (Å²) in [6.45, 7) is -0.761. The van der Waals surface area contributed by atoms with Crippen molar-refractivity contribution in [3.8, 4) is 0 Å². The zero-order valence-electron chi connectivity index (χ0n) is 14.9. The zero-order valence-corrected chi connectivity index (χ0v) is 17.5. The van der Waals surface area contributed by atoms with Crippen LogP contribution in [0.5, 0.6) is 0 Å². The number of aliphatic hydroxyl groups is 2. The lowest BCUT2D eigenvalue weighted by Gasteiger charge is -2.16. The summed E-state index contributed by atoms with van der Waals surface area (Å²) in [5.74, 6) is -0.243. The average Bonchev–Trinajstić information content (AvgIpc) is 3.13. The first-order chi connectivity index (χ1) is 14.3. The summed E-state index contributed by atoms with van der Waals surface area (Å²) in [7, 11) is -14.3. The SMILES string of the molecule is Nc1nc2c(ncn2[C@@H]2O[C@H](CO[P+](=O)OP(=O)(O)OP(=O)(O)O)[C@@H](O)[C@H]2O)c(=O)[nH]1. The van der Waals surface area contributed by atoms with Crippen LogP contribution in [0.3, 0.4) is 0 Å². The number of H-pyrrole nitrogens is 1. The van der Waals surface area contributed by atoms with Crippen LogP contribution in [0.2, 0.25) is 0 Å². The Labute approximate surface area is 171 Å². The van der Waals surface area contributed by atoms with Crippen molar-refractivity contribution in [1.82, 2.24) is 19.5 Å². The van der Waals surface area contributed by atoms with E-state index >= 15 is 0 Å². The number of imidazole rings is 1. The molecule has 21 heteroatoms. The number of rotatable bonds is 8. The predicted octanol–water partition coefficient (Wildman–Crippen LogP) is -1.78. The lowest BCUT2D eigenvalue weighted by Crippen LogP contribution is -2.33. The molecule has 1 saturated heterocycles. The van der Waals surface area contributed by atoms with Gasteiger partial charge in [0.2, 0.25) is 5.95 Å². The molecule has 2 aromatic rings. The number of fused-ring (bicyclic) bond motifs is 1. The van der Waals surface area contributed by atoms with Gasteiger partial charge in [-0.15, -0.1) is 4.52 Å². The van der Waals surface area contributed by atoms with Crippen molar-refractivity contribution in [3.63, 3.8) is 0 Å². The van der Waals surface area contributed by atoms with Crippen LogP contribution in [-0.4, -0.2) is 69.3 Å². The average molecular weight is 506 g/mol. The number of phosphoric acid groups is 2. The molecule has 1 aliphatic rings. The molecule has 1 aliphatic heterocycles. The Hall–Kier alpha value is -1.65. The molecular formula is C10H15N5O13P3+. The zero-order chi connectivity index (χ0) is 23.1. The number of ether oxygens (including phenoxy) is 1. The number of aromatic nitrogens is 4. The van der Waals surface area contributed by atoms with Crippen LogP contribution in [0.4, 0.5) is 5.95 Å². The standard InChI is InChI=1S/C10H14N5O13P3/c11-10-13-7-4(8(18)14-10)12-2-15(7)9-6(17)5(16)3(26-9)1-25-29(19)27-31(23,24)28-30(20,21)22/h2-3,5-6,9,16-17H,1H2,(H5-,11,13,14,18,20,21,22,23,24)/p+1/t3-,5-,6-,9-/m1/s1. The van der Waals surface area contributed by atoms with Gasteiger partial charge in [-0.05, 0) is 4.31 Å². The van der Waals surface area contributed by atoms with Gasteiger partial charge in [-0.3, -0.25) is 19.2 Å². The highest BCUT2D eigenvalue weighted by Crippen LogP contribution is 2.61. The number of nitrogens with two attached hydrogens (primary N) is 1. The first kappa shape index (κ1) is 24.0. The minimum atomic E-state index is -5.44. The highest BCUT2D eigenvalue weighted by molar-refractivity contribution is 7.64. The molecule has 0 spiro atoms. The fraction of sp³-hybridized carbons (Fsp3) is 0.500. The third-order valence-electron chi connectivity index (χ3n) is 3.79. The molecule has 3 heterocycles. The van der Waals surface area contributed by atoms with Gasteiger partial charge >= 0.3 is 23.9 Å². The van der Waals surface area contributed by atoms with Crippen LogP contribution < -0.4 is 11.3 Å². The van der Waals surface area contributed by atoms with E-state index in [1.807, 2.05) is 0 Å². The summed E-state index contributed by atoms with van der Waals surface area (Å²) in [5.41, 5.74) is 4.63. The van der Waals surface area contributed by atoms with Gasteiger partial charge < -0.3 is 30.5 Å². The maximum Gasteiger partial charge on any atom is 0.708 e. The number of nitrogens with one attached hydrogen (secondary N) is 1. The van der Waals surface area contributed by atoms with Crippen molar-refractivity contribution in [1.29, 1.82) is 0 Å². The number of nitrogen functional groups attached to an aromatic ring is 1. The van der Waals surface area contributed by atoms with E-state index in [2.05, 4.69) is 28.1 Å². The van der Waals surface area contributed by atoms with Gasteiger partial charge in [-0.1, -0.05) is 0 Å². The van der Waals surface area contributed by atoms with Crippen molar-refractivity contribution in [2.24, 2.45) is 0 Å². The highest BCUT2D eigenvalue weighted by atomic mass is 31.3. The number of anilines is 1. The van der Waals surface area contributed by atoms with Crippen molar-refractivity contribution >= 4 is 41.0 Å². The third kappa shape index (κ3) is 5.59. The van der Waals surface area contributed by atoms with Crippen LogP contribution in [0.1, 0.15) is 6.23 Å². The monoisotopic (exact) mass is 506 g/mol. The predicted molar refractivity (Wildman–Crippen MR) is 96.1 cm³/mol. The molecule has 1 fully saturated rings. The molecule has 2 aromatic heterocycles. The summed E-state index contributed by atoms with van der Waals surface area (Å²) >= 11 is 0. The minimum absolute atomic E-state index is 0.0655. The Kier molecular flexibility index (Phi) is 6.74. The molecule has 6 atom stereocenters. The normalized spacial score (nSPS) is 26.8. The number of aliphatic hydroxyl groups excluding tert-OH is 2. The van der Waals surface area contributed by atoms with Gasteiger partial charge in [-0.25, -0.2) is 14.1 Å². The van der Waals surface area contributed by atoms with Gasteiger partial charge in [0, 0.05) is 4.57 Å². The van der Waals surface area contributed by atoms with E-state index in [1.165, 1.54) is 0 Å². The van der Waals surface area contributed by atoms with E-state index in [9.17, 15) is 28.7 Å². The van der Waals surface area contributed by atoms with E-state index in [0.717, 1.165) is 10.9 Å². The lowest BCUT2D eigenvalue weighted by atomic mass is 10.1. The highest BCUT2D eigenvalue weighted by Gasteiger charge is 2.48. The van der Waals surface area contributed by atoms with Crippen LogP contribution in [0, 0.1) is 0 Å². The summed E-state index contributed by atoms with van der Waals surface area (Å²) in [6.07, 6.45) is -4.82. The molecule has 0 aliphatic carbocycles. The molecule has 0 amide bonds. The molecule has 0 bridgehead atoms. The Morgan fingerprint density at radius 3 is 2.61 bits per heavy atom. The Bertz CT molecular complexity index is 1140. The first-order valence-corrected chi connectivity index (χ1v) is 12.0. The molecule has 0 saturated carbocycles. The molecule has 18 nitrogen and oxygen atoms in total. The summed E-state index contributed by atoms with van der Waals surface area (Å²) in [6, 6.07) is 0. The van der Waals surface area contributed by atoms with Crippen molar-refractivity contribution < 1.29 is 56.5 Å². The topological polar surface area (TPSA) is 279 Å². The molecule has 0 aromatic carbocycles. The van der Waals surface area contributed by atoms with Gasteiger partial charge in [0.25, 0.3) is 5.56 Å². The fourth-order valence-corrected chi connectivity index (χ4v) is 5.21. The van der Waals surface area contributed by atoms with E-state index in [1.54, 1.807) is 0 Å². The molecule has 0 radical (unpaired) electrons. The van der Waals surface area contributed by atoms with Gasteiger partial charge in [0.15, 0.2) is 17.4 Å². The fourth-order valence-electron chi connectivity index (χ4n) is 2.62. The maximum absolute atomic E-state index is 11.8. The smallest absolute Gasteiger partial charge is 0.387 e. The van der Waals surface area contributed by atoms with Crippen molar-refractivity contribution in [2.75, 3.05) is 12.3 Å². The van der Waals surface area contributed by atoms with Gasteiger partial charge in [0.05, 0.1) is 6.33 Å². The van der Waals surface area contributed by atoms with Crippen molar-refractivity contribution in [3.05, 3.63) is 16.7 Å². The van der Waals surface area contributed by atoms with E-state index in [0.29, 0.717) is 0 Å². The van der Waals surface area contributed by atoms with Crippen LogP contribution in [-0.2, 0) is 31.6 Å². The Morgan fingerprint density at radius 2 is 1.97 bits per heavy atom. The number of hydrogen-bond acceptors (Lipinski definition) is 13. The minimum Gasteiger partial charge on any atom is -0.387 e. The molecule has 3 rings (SSSR count). The van der Waals surface area contributed by atoms with E-state index in [4.69, 9.17) is 25.2 Å². The number of aromatic amines is 1. The molecule has 8 N–H and O–H groups in total. The molecule has 2 unspecified atom stereocenters. The van der Waals surface area contributed by atoms with Crippen LogP contribution in [0.25, 0.3) is 11.2 Å². The Balaban J connectivity index is 1.68. The lowest BCUT2D eigenvalue weighted by molar-refractivity contribution is -0.0476. The van der Waals surface area contributed by atoms with Gasteiger partial charge in [-0.2, -0.15) is 9.29 Å². The van der Waals surface area contributed by atoms with Crippen LogP contribution >= 0.6 is 23.9 Å². The molecular weight excluding hydrogens is 491 g/mol. The van der Waals surface area contributed by atoms with Crippen LogP contribution in [0.15, 0.2) is 11.1 Å². The number of hydrogen-bond donors (Lipinski definition) is 7. The molecule has 31 heavy (non-hydrogen) atoms. The van der Waals surface area contributed by atoms with Gasteiger partial charge in [0.1, 0.15) is 24.9 Å². The largest absolute Gasteiger partial charge is 0.708 e.